The van der Waals surface area contributed by atoms with Crippen LogP contribution in [0.1, 0.15) is 47.4 Å². The Balaban J connectivity index is 2.05. The molecule has 0 saturated heterocycles. The number of carbonyl (C=O) groups excluding carboxylic acids is 1. The van der Waals surface area contributed by atoms with E-state index in [9.17, 15) is 4.79 Å². The maximum Gasteiger partial charge on any atom is 0.340 e. The van der Waals surface area contributed by atoms with E-state index in [4.69, 9.17) is 10.5 Å². The summed E-state index contributed by atoms with van der Waals surface area (Å²) in [6.45, 7) is 8.34. The van der Waals surface area contributed by atoms with Gasteiger partial charge in [-0.2, -0.15) is 0 Å². The number of aromatic nitrogens is 1. The minimum atomic E-state index is -0.413. The summed E-state index contributed by atoms with van der Waals surface area (Å²) in [4.78, 5) is 16.6. The topological polar surface area (TPSA) is 65.2 Å². The molecule has 0 radical (unpaired) electrons. The molecule has 2 rings (SSSR count). The molecule has 112 valence electrons. The lowest BCUT2D eigenvalue weighted by Gasteiger charge is -2.14. The van der Waals surface area contributed by atoms with E-state index in [1.165, 1.54) is 11.3 Å². The number of ether oxygens (including phenoxy) is 1. The number of hydrogen-bond acceptors (Lipinski definition) is 5. The van der Waals surface area contributed by atoms with Gasteiger partial charge in [0.2, 0.25) is 0 Å². The van der Waals surface area contributed by atoms with Crippen molar-refractivity contribution in [2.75, 3.05) is 5.73 Å². The van der Waals surface area contributed by atoms with Crippen LogP contribution in [0.4, 0.5) is 5.69 Å². The number of nitrogens with two attached hydrogens (primary N) is 1. The molecule has 2 aromatic rings. The van der Waals surface area contributed by atoms with Crippen molar-refractivity contribution in [3.63, 3.8) is 0 Å². The molecule has 1 aromatic heterocycles. The van der Waals surface area contributed by atoms with Gasteiger partial charge in [0.25, 0.3) is 0 Å². The third-order valence-corrected chi connectivity index (χ3v) is 4.01. The highest BCUT2D eigenvalue weighted by Crippen LogP contribution is 2.24. The monoisotopic (exact) mass is 304 g/mol. The molecule has 5 heteroatoms. The predicted molar refractivity (Wildman–Crippen MR) is 85.5 cm³/mol. The first-order chi connectivity index (χ1) is 9.79. The van der Waals surface area contributed by atoms with E-state index >= 15 is 0 Å². The molecular formula is C16H20N2O2S. The number of nitrogens with zero attached hydrogens (tertiary/aromatic N) is 1. The van der Waals surface area contributed by atoms with Gasteiger partial charge in [-0.1, -0.05) is 32.9 Å². The smallest absolute Gasteiger partial charge is 0.340 e. The van der Waals surface area contributed by atoms with E-state index in [1.807, 2.05) is 18.4 Å². The van der Waals surface area contributed by atoms with Gasteiger partial charge in [-0.3, -0.25) is 0 Å². The van der Waals surface area contributed by atoms with Crippen LogP contribution in [-0.2, 0) is 16.8 Å². The minimum absolute atomic E-state index is 0.000269. The van der Waals surface area contributed by atoms with E-state index in [2.05, 4.69) is 25.8 Å². The van der Waals surface area contributed by atoms with Crippen molar-refractivity contribution in [3.8, 4) is 0 Å². The van der Waals surface area contributed by atoms with Gasteiger partial charge in [0.05, 0.1) is 11.3 Å². The van der Waals surface area contributed by atoms with E-state index in [-0.39, 0.29) is 12.0 Å². The van der Waals surface area contributed by atoms with Crippen molar-refractivity contribution in [2.24, 2.45) is 0 Å². The van der Waals surface area contributed by atoms with Crippen molar-refractivity contribution in [1.82, 2.24) is 4.98 Å². The highest BCUT2D eigenvalue weighted by atomic mass is 32.1. The second-order valence-electron chi connectivity index (χ2n) is 5.99. The fourth-order valence-electron chi connectivity index (χ4n) is 1.79. The van der Waals surface area contributed by atoms with Crippen molar-refractivity contribution in [2.45, 2.75) is 39.7 Å². The lowest BCUT2D eigenvalue weighted by atomic mass is 9.93. The molecule has 1 aromatic carbocycles. The molecule has 21 heavy (non-hydrogen) atoms. The summed E-state index contributed by atoms with van der Waals surface area (Å²) in [6, 6.07) is 5.33. The van der Waals surface area contributed by atoms with Crippen LogP contribution in [0.5, 0.6) is 0 Å². The first kappa shape index (κ1) is 15.5. The summed E-state index contributed by atoms with van der Waals surface area (Å²) in [7, 11) is 0. The lowest BCUT2D eigenvalue weighted by molar-refractivity contribution is 0.0473. The van der Waals surface area contributed by atoms with Gasteiger partial charge in [-0.05, 0) is 18.6 Å². The number of para-hydroxylation sites is 1. The number of hydrogen-bond donors (Lipinski definition) is 1. The normalized spacial score (nSPS) is 11.4. The zero-order valence-corrected chi connectivity index (χ0v) is 13.6. The summed E-state index contributed by atoms with van der Waals surface area (Å²) in [5.41, 5.74) is 8.65. The van der Waals surface area contributed by atoms with Crippen LogP contribution in [0.15, 0.2) is 23.6 Å². The van der Waals surface area contributed by atoms with Crippen LogP contribution in [0.3, 0.4) is 0 Å². The second kappa shape index (κ2) is 5.85. The zero-order chi connectivity index (χ0) is 15.6. The first-order valence-electron chi connectivity index (χ1n) is 6.76. The molecule has 1 heterocycles. The van der Waals surface area contributed by atoms with E-state index in [1.54, 1.807) is 12.1 Å². The van der Waals surface area contributed by atoms with Gasteiger partial charge >= 0.3 is 5.97 Å². The highest BCUT2D eigenvalue weighted by molar-refractivity contribution is 7.09. The summed E-state index contributed by atoms with van der Waals surface area (Å²) >= 11 is 1.50. The Labute approximate surface area is 129 Å². The molecule has 0 saturated carbocycles. The molecule has 0 spiro atoms. The Bertz CT molecular complexity index is 657. The van der Waals surface area contributed by atoms with E-state index < -0.39 is 5.97 Å². The maximum absolute atomic E-state index is 12.1. The molecule has 0 unspecified atom stereocenters. The number of esters is 1. The standard InChI is InChI=1S/C16H20N2O2S/c1-10-6-5-7-11(14(10)17)15(19)20-8-13-18-12(9-21-13)16(2,3)4/h5-7,9H,8,17H2,1-4H3. The molecule has 0 aliphatic rings. The van der Waals surface area contributed by atoms with E-state index in [0.717, 1.165) is 16.3 Å². The molecular weight excluding hydrogens is 284 g/mol. The summed E-state index contributed by atoms with van der Waals surface area (Å²) in [6.07, 6.45) is 0. The Morgan fingerprint density at radius 3 is 2.71 bits per heavy atom. The lowest BCUT2D eigenvalue weighted by Crippen LogP contribution is -2.12. The number of carbonyl (C=O) groups is 1. The highest BCUT2D eigenvalue weighted by Gasteiger charge is 2.18. The van der Waals surface area contributed by atoms with Crippen LogP contribution in [-0.4, -0.2) is 11.0 Å². The molecule has 0 aliphatic carbocycles. The van der Waals surface area contributed by atoms with Gasteiger partial charge in [0, 0.05) is 16.5 Å². The minimum Gasteiger partial charge on any atom is -0.455 e. The molecule has 0 atom stereocenters. The fraction of sp³-hybridized carbons (Fsp3) is 0.375. The molecule has 2 N–H and O–H groups in total. The summed E-state index contributed by atoms with van der Waals surface area (Å²) in [5.74, 6) is -0.413. The van der Waals surface area contributed by atoms with Crippen molar-refractivity contribution in [3.05, 3.63) is 45.4 Å². The molecule has 0 fully saturated rings. The molecule has 0 bridgehead atoms. The Kier molecular flexibility index (Phi) is 4.32. The number of aryl methyl sites for hydroxylation is 1. The average Bonchev–Trinajstić information content (AvgIpc) is 2.88. The zero-order valence-electron chi connectivity index (χ0n) is 12.8. The van der Waals surface area contributed by atoms with Crippen molar-refractivity contribution < 1.29 is 9.53 Å². The first-order valence-corrected chi connectivity index (χ1v) is 7.64. The van der Waals surface area contributed by atoms with Crippen LogP contribution < -0.4 is 5.73 Å². The van der Waals surface area contributed by atoms with Crippen molar-refractivity contribution in [1.29, 1.82) is 0 Å². The second-order valence-corrected chi connectivity index (χ2v) is 6.93. The summed E-state index contributed by atoms with van der Waals surface area (Å²) in [5, 5.41) is 2.80. The average molecular weight is 304 g/mol. The number of benzene rings is 1. The van der Waals surface area contributed by atoms with Crippen LogP contribution in [0, 0.1) is 6.92 Å². The number of anilines is 1. The van der Waals surface area contributed by atoms with Crippen LogP contribution in [0.25, 0.3) is 0 Å². The molecule has 0 aliphatic heterocycles. The van der Waals surface area contributed by atoms with Crippen LogP contribution in [0.2, 0.25) is 0 Å². The SMILES string of the molecule is Cc1cccc(C(=O)OCc2nc(C(C)(C)C)cs2)c1N. The van der Waals surface area contributed by atoms with E-state index in [0.29, 0.717) is 11.3 Å². The number of rotatable bonds is 3. The largest absolute Gasteiger partial charge is 0.455 e. The number of thiazole rings is 1. The molecule has 0 amide bonds. The predicted octanol–water partition coefficient (Wildman–Crippen LogP) is 3.69. The third-order valence-electron chi connectivity index (χ3n) is 3.19. The Hall–Kier alpha value is -1.88. The van der Waals surface area contributed by atoms with Crippen molar-refractivity contribution >= 4 is 23.0 Å². The maximum atomic E-state index is 12.1. The van der Waals surface area contributed by atoms with Gasteiger partial charge in [-0.15, -0.1) is 11.3 Å². The van der Waals surface area contributed by atoms with Crippen LogP contribution >= 0.6 is 11.3 Å². The number of nitrogen functional groups attached to an aromatic ring is 1. The Morgan fingerprint density at radius 1 is 1.38 bits per heavy atom. The quantitative estimate of drug-likeness (QED) is 0.694. The van der Waals surface area contributed by atoms with Gasteiger partial charge in [-0.25, -0.2) is 9.78 Å². The summed E-state index contributed by atoms with van der Waals surface area (Å²) < 4.78 is 5.30. The third kappa shape index (κ3) is 3.61. The van der Waals surface area contributed by atoms with Gasteiger partial charge < -0.3 is 10.5 Å². The van der Waals surface area contributed by atoms with Gasteiger partial charge in [0.15, 0.2) is 0 Å². The Morgan fingerprint density at radius 2 is 2.10 bits per heavy atom. The molecule has 4 nitrogen and oxygen atoms in total. The van der Waals surface area contributed by atoms with Gasteiger partial charge in [0.1, 0.15) is 11.6 Å². The fourth-order valence-corrected chi connectivity index (χ4v) is 2.72.